The predicted octanol–water partition coefficient (Wildman–Crippen LogP) is -0.0152. The van der Waals surface area contributed by atoms with E-state index in [4.69, 9.17) is 5.21 Å². The van der Waals surface area contributed by atoms with E-state index in [0.29, 0.717) is 0 Å². The van der Waals surface area contributed by atoms with Crippen molar-refractivity contribution >= 4 is 5.82 Å². The van der Waals surface area contributed by atoms with E-state index in [0.717, 1.165) is 0 Å². The summed E-state index contributed by atoms with van der Waals surface area (Å²) in [4.78, 5) is 13.3. The van der Waals surface area contributed by atoms with Crippen LogP contribution in [0.4, 0.5) is 19.0 Å². The fourth-order valence-electron chi connectivity index (χ4n) is 0.541. The van der Waals surface area contributed by atoms with Crippen molar-refractivity contribution in [2.75, 3.05) is 5.48 Å². The highest BCUT2D eigenvalue weighted by molar-refractivity contribution is 5.26. The fraction of sp³-hybridized carbons (Fsp3) is 0.250. The van der Waals surface area contributed by atoms with Gasteiger partial charge in [0.25, 0.3) is 5.82 Å². The first kappa shape index (κ1) is 9.45. The maximum absolute atomic E-state index is 11.9. The van der Waals surface area contributed by atoms with Crippen molar-refractivity contribution in [1.29, 1.82) is 0 Å². The van der Waals surface area contributed by atoms with Crippen molar-refractivity contribution in [3.63, 3.8) is 0 Å². The number of H-pyrrole nitrogens is 1. The molecular formula is C4H3F3N4O2. The molecule has 0 aliphatic carbocycles. The smallest absolute Gasteiger partial charge is 0.290 e. The molecule has 0 bridgehead atoms. The molecule has 1 aromatic rings. The monoisotopic (exact) mass is 196 g/mol. The Labute approximate surface area is 68.4 Å². The van der Waals surface area contributed by atoms with Crippen LogP contribution in [0.15, 0.2) is 4.79 Å². The molecule has 3 N–H and O–H groups in total. The maximum Gasteiger partial charge on any atom is 0.453 e. The second kappa shape index (κ2) is 3.01. The zero-order chi connectivity index (χ0) is 10.1. The zero-order valence-corrected chi connectivity index (χ0v) is 5.88. The highest BCUT2D eigenvalue weighted by Crippen LogP contribution is 2.25. The molecule has 1 heterocycles. The van der Waals surface area contributed by atoms with Crippen LogP contribution in [0, 0.1) is 0 Å². The first-order chi connectivity index (χ1) is 5.95. The lowest BCUT2D eigenvalue weighted by atomic mass is 10.6. The third kappa shape index (κ3) is 1.93. The lowest BCUT2D eigenvalue weighted by Crippen LogP contribution is -2.22. The molecule has 13 heavy (non-hydrogen) atoms. The minimum Gasteiger partial charge on any atom is -0.290 e. The lowest BCUT2D eigenvalue weighted by molar-refractivity contribution is -0.145. The number of nitrogens with zero attached hydrogens (tertiary/aromatic N) is 2. The number of alkyl halides is 3. The standard InChI is InChI=1S/C4H3F3N4O2/c5-4(6,7)3-8-1(11-13)2(12)9-10-3/h13H,(H,9,12)(H,8,10,11). The van der Waals surface area contributed by atoms with Crippen LogP contribution in [0.25, 0.3) is 0 Å². The van der Waals surface area contributed by atoms with Crippen LogP contribution < -0.4 is 11.0 Å². The Morgan fingerprint density at radius 2 is 2.08 bits per heavy atom. The number of halogens is 3. The van der Waals surface area contributed by atoms with Crippen LogP contribution in [0.3, 0.4) is 0 Å². The van der Waals surface area contributed by atoms with Crippen LogP contribution in [0.1, 0.15) is 5.82 Å². The predicted molar refractivity (Wildman–Crippen MR) is 33.1 cm³/mol. The summed E-state index contributed by atoms with van der Waals surface area (Å²) in [5.74, 6) is -2.40. The number of nitrogens with one attached hydrogen (secondary N) is 2. The molecule has 0 atom stereocenters. The lowest BCUT2D eigenvalue weighted by Gasteiger charge is -2.03. The Balaban J connectivity index is 3.22. The molecular weight excluding hydrogens is 193 g/mol. The first-order valence-electron chi connectivity index (χ1n) is 2.89. The summed E-state index contributed by atoms with van der Waals surface area (Å²) in [7, 11) is 0. The molecule has 72 valence electrons. The molecule has 0 saturated carbocycles. The van der Waals surface area contributed by atoms with Crippen molar-refractivity contribution in [3.8, 4) is 0 Å². The molecule has 0 fully saturated rings. The molecule has 0 aromatic carbocycles. The number of hydrogen-bond donors (Lipinski definition) is 3. The van der Waals surface area contributed by atoms with Gasteiger partial charge in [-0.3, -0.25) is 10.0 Å². The van der Waals surface area contributed by atoms with E-state index in [9.17, 15) is 18.0 Å². The van der Waals surface area contributed by atoms with Gasteiger partial charge in [-0.2, -0.15) is 18.2 Å². The van der Waals surface area contributed by atoms with Crippen LogP contribution in [-0.4, -0.2) is 20.4 Å². The molecule has 1 aromatic heterocycles. The average molecular weight is 196 g/mol. The third-order valence-electron chi connectivity index (χ3n) is 1.06. The molecule has 0 aliphatic rings. The van der Waals surface area contributed by atoms with E-state index in [-0.39, 0.29) is 0 Å². The van der Waals surface area contributed by atoms with E-state index < -0.39 is 23.4 Å². The summed E-state index contributed by atoms with van der Waals surface area (Å²) >= 11 is 0. The minimum absolute atomic E-state index is 0.859. The van der Waals surface area contributed by atoms with Crippen LogP contribution >= 0.6 is 0 Å². The van der Waals surface area contributed by atoms with E-state index in [2.05, 4.69) is 10.1 Å². The number of hydrogen-bond acceptors (Lipinski definition) is 5. The van der Waals surface area contributed by atoms with Crippen molar-refractivity contribution in [2.24, 2.45) is 0 Å². The SMILES string of the molecule is O=c1[nH]nc(C(F)(F)F)nc1NO. The van der Waals surface area contributed by atoms with Gasteiger partial charge >= 0.3 is 11.7 Å². The van der Waals surface area contributed by atoms with E-state index in [1.165, 1.54) is 10.6 Å². The molecule has 9 heteroatoms. The van der Waals surface area contributed by atoms with E-state index in [1.54, 1.807) is 0 Å². The highest BCUT2D eigenvalue weighted by Gasteiger charge is 2.35. The van der Waals surface area contributed by atoms with Crippen molar-refractivity contribution in [2.45, 2.75) is 6.18 Å². The Morgan fingerprint density at radius 3 is 2.54 bits per heavy atom. The molecule has 0 aliphatic heterocycles. The van der Waals surface area contributed by atoms with Crippen molar-refractivity contribution < 1.29 is 18.4 Å². The van der Waals surface area contributed by atoms with Crippen molar-refractivity contribution in [3.05, 3.63) is 16.2 Å². The van der Waals surface area contributed by atoms with Gasteiger partial charge in [0.05, 0.1) is 0 Å². The van der Waals surface area contributed by atoms with Crippen LogP contribution in [0.5, 0.6) is 0 Å². The minimum atomic E-state index is -4.77. The number of aromatic amines is 1. The van der Waals surface area contributed by atoms with Gasteiger partial charge in [0.2, 0.25) is 5.82 Å². The molecule has 0 saturated heterocycles. The summed E-state index contributed by atoms with van der Waals surface area (Å²) in [6.45, 7) is 0. The Morgan fingerprint density at radius 1 is 1.46 bits per heavy atom. The summed E-state index contributed by atoms with van der Waals surface area (Å²) in [5, 5.41) is 12.3. The van der Waals surface area contributed by atoms with Gasteiger partial charge in [-0.1, -0.05) is 0 Å². The van der Waals surface area contributed by atoms with Gasteiger partial charge in [-0.25, -0.2) is 10.6 Å². The maximum atomic E-state index is 11.9. The first-order valence-corrected chi connectivity index (χ1v) is 2.89. The third-order valence-corrected chi connectivity index (χ3v) is 1.06. The highest BCUT2D eigenvalue weighted by atomic mass is 19.4. The second-order valence-corrected chi connectivity index (χ2v) is 1.95. The van der Waals surface area contributed by atoms with Crippen molar-refractivity contribution in [1.82, 2.24) is 15.2 Å². The quantitative estimate of drug-likeness (QED) is 0.549. The van der Waals surface area contributed by atoms with Crippen LogP contribution in [0.2, 0.25) is 0 Å². The molecule has 0 unspecified atom stereocenters. The van der Waals surface area contributed by atoms with Crippen LogP contribution in [-0.2, 0) is 6.18 Å². The Kier molecular flexibility index (Phi) is 2.19. The van der Waals surface area contributed by atoms with Gasteiger partial charge in [0, 0.05) is 0 Å². The summed E-state index contributed by atoms with van der Waals surface area (Å²) < 4.78 is 35.6. The summed E-state index contributed by atoms with van der Waals surface area (Å²) in [5.41, 5.74) is 0.167. The largest absolute Gasteiger partial charge is 0.453 e. The number of anilines is 1. The molecule has 0 radical (unpaired) electrons. The molecule has 0 amide bonds. The summed E-state index contributed by atoms with van der Waals surface area (Å²) in [6.07, 6.45) is -4.77. The Hall–Kier alpha value is -1.64. The topological polar surface area (TPSA) is 90.9 Å². The summed E-state index contributed by atoms with van der Waals surface area (Å²) in [6, 6.07) is 0. The van der Waals surface area contributed by atoms with Gasteiger partial charge < -0.3 is 0 Å². The average Bonchev–Trinajstić information content (AvgIpc) is 2.03. The number of aromatic nitrogens is 3. The normalized spacial score (nSPS) is 11.4. The van der Waals surface area contributed by atoms with Gasteiger partial charge in [-0.05, 0) is 0 Å². The fourth-order valence-corrected chi connectivity index (χ4v) is 0.541. The van der Waals surface area contributed by atoms with E-state index in [1.807, 2.05) is 0 Å². The second-order valence-electron chi connectivity index (χ2n) is 1.95. The molecule has 0 spiro atoms. The number of rotatable bonds is 1. The Bertz CT molecular complexity index is 359. The molecule has 1 rings (SSSR count). The zero-order valence-electron chi connectivity index (χ0n) is 5.88. The van der Waals surface area contributed by atoms with Gasteiger partial charge in [-0.15, -0.1) is 5.10 Å². The van der Waals surface area contributed by atoms with Gasteiger partial charge in [0.1, 0.15) is 0 Å². The van der Waals surface area contributed by atoms with E-state index >= 15 is 0 Å². The van der Waals surface area contributed by atoms with Gasteiger partial charge in [0.15, 0.2) is 0 Å². The molecule has 6 nitrogen and oxygen atoms in total.